The van der Waals surface area contributed by atoms with Crippen molar-refractivity contribution in [1.29, 1.82) is 0 Å². The van der Waals surface area contributed by atoms with Gasteiger partial charge in [-0.2, -0.15) is 4.98 Å². The molecule has 7 heteroatoms. The van der Waals surface area contributed by atoms with Crippen LogP contribution < -0.4 is 10.2 Å². The van der Waals surface area contributed by atoms with Crippen LogP contribution in [-0.2, 0) is 6.54 Å². The van der Waals surface area contributed by atoms with E-state index in [1.54, 1.807) is 11.3 Å². The zero-order valence-electron chi connectivity index (χ0n) is 16.1. The van der Waals surface area contributed by atoms with Crippen LogP contribution in [0.25, 0.3) is 10.9 Å². The highest BCUT2D eigenvalue weighted by Gasteiger charge is 2.19. The highest BCUT2D eigenvalue weighted by molar-refractivity contribution is 7.09. The first kappa shape index (κ1) is 18.1. The maximum atomic E-state index is 4.91. The Morgan fingerprint density at radius 1 is 1.19 bits per heavy atom. The number of rotatable bonds is 5. The molecule has 0 aliphatic carbocycles. The Morgan fingerprint density at radius 3 is 2.70 bits per heavy atom. The van der Waals surface area contributed by atoms with E-state index in [9.17, 15) is 0 Å². The summed E-state index contributed by atoms with van der Waals surface area (Å²) in [6.45, 7) is 9.05. The van der Waals surface area contributed by atoms with E-state index in [1.807, 2.05) is 6.20 Å². The second-order valence-electron chi connectivity index (χ2n) is 7.38. The van der Waals surface area contributed by atoms with Gasteiger partial charge in [0.2, 0.25) is 5.95 Å². The van der Waals surface area contributed by atoms with Crippen molar-refractivity contribution in [3.05, 3.63) is 40.3 Å². The molecule has 0 spiro atoms. The predicted octanol–water partition coefficient (Wildman–Crippen LogP) is 3.57. The summed E-state index contributed by atoms with van der Waals surface area (Å²) in [6, 6.07) is 6.35. The number of fused-ring (bicyclic) bond motifs is 1. The molecule has 142 valence electrons. The van der Waals surface area contributed by atoms with Gasteiger partial charge in [-0.15, -0.1) is 11.3 Å². The van der Waals surface area contributed by atoms with Gasteiger partial charge in [0.15, 0.2) is 0 Å². The Bertz CT molecular complexity index is 900. The second kappa shape index (κ2) is 7.78. The van der Waals surface area contributed by atoms with Gasteiger partial charge in [-0.05, 0) is 30.5 Å². The first-order valence-electron chi connectivity index (χ1n) is 9.47. The molecule has 1 aliphatic heterocycles. The number of aromatic nitrogens is 3. The van der Waals surface area contributed by atoms with Crippen molar-refractivity contribution in [3.8, 4) is 0 Å². The summed E-state index contributed by atoms with van der Waals surface area (Å²) >= 11 is 1.75. The Balaban J connectivity index is 1.71. The van der Waals surface area contributed by atoms with Crippen molar-refractivity contribution < 1.29 is 0 Å². The Kier molecular flexibility index (Phi) is 5.22. The van der Waals surface area contributed by atoms with Gasteiger partial charge in [-0.1, -0.05) is 19.9 Å². The van der Waals surface area contributed by atoms with Crippen LogP contribution in [0.3, 0.4) is 0 Å². The van der Waals surface area contributed by atoms with E-state index in [-0.39, 0.29) is 0 Å². The average Bonchev–Trinajstić information content (AvgIpc) is 3.19. The van der Waals surface area contributed by atoms with Crippen molar-refractivity contribution in [2.45, 2.75) is 26.3 Å². The maximum Gasteiger partial charge on any atom is 0.228 e. The van der Waals surface area contributed by atoms with E-state index in [0.717, 1.165) is 61.1 Å². The number of nitrogens with zero attached hydrogens (tertiary/aromatic N) is 5. The molecule has 1 saturated heterocycles. The molecule has 6 nitrogen and oxygen atoms in total. The molecule has 4 rings (SSSR count). The zero-order valence-corrected chi connectivity index (χ0v) is 17.0. The van der Waals surface area contributed by atoms with Crippen molar-refractivity contribution in [1.82, 2.24) is 19.9 Å². The monoisotopic (exact) mass is 382 g/mol. The number of thiophene rings is 1. The van der Waals surface area contributed by atoms with Crippen LogP contribution in [0.2, 0.25) is 0 Å². The zero-order chi connectivity index (χ0) is 18.8. The summed E-state index contributed by atoms with van der Waals surface area (Å²) in [5.41, 5.74) is 1.97. The SMILES string of the molecule is CC(C)c1cc2c(NCc3cccs3)nc(N3CCN(C)CC3)nc2cn1. The minimum atomic E-state index is 0.372. The van der Waals surface area contributed by atoms with Gasteiger partial charge < -0.3 is 15.1 Å². The van der Waals surface area contributed by atoms with Gasteiger partial charge in [0.1, 0.15) is 5.82 Å². The van der Waals surface area contributed by atoms with E-state index >= 15 is 0 Å². The molecule has 0 atom stereocenters. The summed E-state index contributed by atoms with van der Waals surface area (Å²) in [5.74, 6) is 2.06. The van der Waals surface area contributed by atoms with Crippen LogP contribution >= 0.6 is 11.3 Å². The summed E-state index contributed by atoms with van der Waals surface area (Å²) in [6.07, 6.45) is 1.89. The second-order valence-corrected chi connectivity index (χ2v) is 8.41. The molecule has 1 aliphatic rings. The third kappa shape index (κ3) is 4.04. The number of hydrogen-bond acceptors (Lipinski definition) is 7. The first-order valence-corrected chi connectivity index (χ1v) is 10.4. The lowest BCUT2D eigenvalue weighted by molar-refractivity contribution is 0.311. The van der Waals surface area contributed by atoms with Gasteiger partial charge in [-0.3, -0.25) is 4.98 Å². The van der Waals surface area contributed by atoms with E-state index in [1.165, 1.54) is 4.88 Å². The summed E-state index contributed by atoms with van der Waals surface area (Å²) in [4.78, 5) is 20.3. The lowest BCUT2D eigenvalue weighted by Gasteiger charge is -2.32. The van der Waals surface area contributed by atoms with Crippen molar-refractivity contribution in [3.63, 3.8) is 0 Å². The Morgan fingerprint density at radius 2 is 2.00 bits per heavy atom. The van der Waals surface area contributed by atoms with Gasteiger partial charge >= 0.3 is 0 Å². The number of pyridine rings is 1. The van der Waals surface area contributed by atoms with E-state index in [2.05, 4.69) is 64.6 Å². The molecule has 0 unspecified atom stereocenters. The number of hydrogen-bond donors (Lipinski definition) is 1. The minimum absolute atomic E-state index is 0.372. The van der Waals surface area contributed by atoms with Crippen LogP contribution in [0.5, 0.6) is 0 Å². The molecule has 3 aromatic rings. The largest absolute Gasteiger partial charge is 0.364 e. The highest BCUT2D eigenvalue weighted by atomic mass is 32.1. The fourth-order valence-corrected chi connectivity index (χ4v) is 3.86. The quantitative estimate of drug-likeness (QED) is 0.728. The summed E-state index contributed by atoms with van der Waals surface area (Å²) < 4.78 is 0. The highest BCUT2D eigenvalue weighted by Crippen LogP contribution is 2.27. The average molecular weight is 383 g/mol. The number of nitrogens with one attached hydrogen (secondary N) is 1. The van der Waals surface area contributed by atoms with Crippen molar-refractivity contribution in [2.24, 2.45) is 0 Å². The third-order valence-corrected chi connectivity index (χ3v) is 5.86. The molecule has 0 saturated carbocycles. The normalized spacial score (nSPS) is 15.6. The van der Waals surface area contributed by atoms with Crippen molar-refractivity contribution >= 4 is 34.0 Å². The Labute approximate surface area is 164 Å². The van der Waals surface area contributed by atoms with E-state index < -0.39 is 0 Å². The maximum absolute atomic E-state index is 4.91. The lowest BCUT2D eigenvalue weighted by atomic mass is 10.1. The molecular formula is C20H26N6S. The Hall–Kier alpha value is -2.25. The molecular weight excluding hydrogens is 356 g/mol. The van der Waals surface area contributed by atoms with Gasteiger partial charge in [0, 0.05) is 42.1 Å². The molecule has 27 heavy (non-hydrogen) atoms. The minimum Gasteiger partial charge on any atom is -0.364 e. The van der Waals surface area contributed by atoms with Crippen LogP contribution in [0.4, 0.5) is 11.8 Å². The molecule has 3 aromatic heterocycles. The van der Waals surface area contributed by atoms with Crippen LogP contribution in [0.1, 0.15) is 30.3 Å². The topological polar surface area (TPSA) is 57.2 Å². The number of anilines is 2. The summed E-state index contributed by atoms with van der Waals surface area (Å²) in [5, 5.41) is 6.69. The molecule has 0 bridgehead atoms. The van der Waals surface area contributed by atoms with Gasteiger partial charge in [0.25, 0.3) is 0 Å². The van der Waals surface area contributed by atoms with E-state index in [4.69, 9.17) is 9.97 Å². The first-order chi connectivity index (χ1) is 13.1. The van der Waals surface area contributed by atoms with Crippen LogP contribution in [-0.4, -0.2) is 53.1 Å². The van der Waals surface area contributed by atoms with Crippen LogP contribution in [0.15, 0.2) is 29.8 Å². The van der Waals surface area contributed by atoms with Gasteiger partial charge in [0.05, 0.1) is 18.3 Å². The fourth-order valence-electron chi connectivity index (χ4n) is 3.22. The third-order valence-electron chi connectivity index (χ3n) is 4.98. The molecule has 0 aromatic carbocycles. The fraction of sp³-hybridized carbons (Fsp3) is 0.450. The smallest absolute Gasteiger partial charge is 0.228 e. The molecule has 1 N–H and O–H groups in total. The number of piperazine rings is 1. The standard InChI is InChI=1S/C20H26N6S/c1-14(2)17-11-16-18(13-21-17)23-20(26-8-6-25(3)7-9-26)24-19(16)22-12-15-5-4-10-27-15/h4-5,10-11,13-14H,6-9,12H2,1-3H3,(H,22,23,24). The van der Waals surface area contributed by atoms with Gasteiger partial charge in [-0.25, -0.2) is 4.98 Å². The lowest BCUT2D eigenvalue weighted by Crippen LogP contribution is -2.45. The summed E-state index contributed by atoms with van der Waals surface area (Å²) in [7, 11) is 2.16. The molecule has 0 amide bonds. The van der Waals surface area contributed by atoms with Crippen LogP contribution in [0, 0.1) is 0 Å². The predicted molar refractivity (Wildman–Crippen MR) is 113 cm³/mol. The number of likely N-dealkylation sites (N-methyl/N-ethyl adjacent to an activating group) is 1. The molecule has 0 radical (unpaired) electrons. The molecule has 4 heterocycles. The van der Waals surface area contributed by atoms with E-state index in [0.29, 0.717) is 5.92 Å². The molecule has 1 fully saturated rings. The van der Waals surface area contributed by atoms with Crippen molar-refractivity contribution in [2.75, 3.05) is 43.4 Å².